The molecular formula is C36H44N2O5. The molecule has 1 aliphatic heterocycles. The number of carbonyl (C=O) groups is 2. The number of methoxy groups -OCH3 is 2. The summed E-state index contributed by atoms with van der Waals surface area (Å²) in [5, 5.41) is 0. The van der Waals surface area contributed by atoms with E-state index in [4.69, 9.17) is 14.2 Å². The van der Waals surface area contributed by atoms with Crippen LogP contribution in [0.4, 0.5) is 5.69 Å². The van der Waals surface area contributed by atoms with Crippen LogP contribution in [0.25, 0.3) is 0 Å². The highest BCUT2D eigenvalue weighted by Crippen LogP contribution is 2.40. The molecule has 3 aromatic rings. The zero-order chi connectivity index (χ0) is 30.2. The van der Waals surface area contributed by atoms with Crippen LogP contribution in [0.5, 0.6) is 17.2 Å². The Morgan fingerprint density at radius 2 is 1.47 bits per heavy atom. The second kappa shape index (κ2) is 14.5. The molecule has 228 valence electrons. The van der Waals surface area contributed by atoms with E-state index in [-0.39, 0.29) is 24.3 Å². The lowest BCUT2D eigenvalue weighted by atomic mass is 9.79. The minimum absolute atomic E-state index is 0.0127. The van der Waals surface area contributed by atoms with Gasteiger partial charge in [0.2, 0.25) is 0 Å². The van der Waals surface area contributed by atoms with Crippen molar-refractivity contribution in [3.05, 3.63) is 82.9 Å². The average Bonchev–Trinajstić information content (AvgIpc) is 3.03. The maximum atomic E-state index is 13.9. The molecule has 0 saturated carbocycles. The van der Waals surface area contributed by atoms with E-state index < -0.39 is 0 Å². The van der Waals surface area contributed by atoms with Gasteiger partial charge in [0.05, 0.1) is 19.9 Å². The Kier molecular flexibility index (Phi) is 10.2. The zero-order valence-electron chi connectivity index (χ0n) is 25.8. The van der Waals surface area contributed by atoms with Crippen molar-refractivity contribution in [2.45, 2.75) is 64.2 Å². The number of benzene rings is 3. The predicted octanol–water partition coefficient (Wildman–Crippen LogP) is 6.81. The molecule has 1 aliphatic carbocycles. The Morgan fingerprint density at radius 3 is 2.16 bits per heavy atom. The molecular weight excluding hydrogens is 540 g/mol. The van der Waals surface area contributed by atoms with Gasteiger partial charge in [0.15, 0.2) is 6.61 Å². The number of anilines is 1. The molecule has 7 nitrogen and oxygen atoms in total. The van der Waals surface area contributed by atoms with Gasteiger partial charge in [-0.05, 0) is 104 Å². The van der Waals surface area contributed by atoms with Gasteiger partial charge in [-0.2, -0.15) is 0 Å². The average molecular weight is 585 g/mol. The fourth-order valence-corrected chi connectivity index (χ4v) is 6.36. The molecule has 0 spiro atoms. The van der Waals surface area contributed by atoms with E-state index in [9.17, 15) is 9.59 Å². The van der Waals surface area contributed by atoms with Crippen molar-refractivity contribution in [2.24, 2.45) is 0 Å². The summed E-state index contributed by atoms with van der Waals surface area (Å²) in [6.07, 6.45) is 8.57. The highest BCUT2D eigenvalue weighted by molar-refractivity contribution is 6.06. The molecule has 43 heavy (non-hydrogen) atoms. The Bertz CT molecular complexity index is 1400. The number of likely N-dealkylation sites (tertiary alicyclic amines) is 1. The molecule has 1 unspecified atom stereocenters. The molecule has 1 heterocycles. The third kappa shape index (κ3) is 7.32. The largest absolute Gasteiger partial charge is 0.497 e. The van der Waals surface area contributed by atoms with Crippen molar-refractivity contribution in [1.82, 2.24) is 4.90 Å². The first-order valence-electron chi connectivity index (χ1n) is 15.7. The molecule has 0 bridgehead atoms. The first-order valence-corrected chi connectivity index (χ1v) is 15.7. The van der Waals surface area contributed by atoms with E-state index in [1.807, 2.05) is 34.9 Å². The van der Waals surface area contributed by atoms with Crippen LogP contribution in [0.1, 0.15) is 78.4 Å². The minimum Gasteiger partial charge on any atom is -0.497 e. The highest BCUT2D eigenvalue weighted by Gasteiger charge is 2.27. The van der Waals surface area contributed by atoms with Gasteiger partial charge in [0.1, 0.15) is 17.2 Å². The smallest absolute Gasteiger partial charge is 0.260 e. The van der Waals surface area contributed by atoms with E-state index in [1.54, 1.807) is 38.5 Å². The molecule has 1 atom stereocenters. The van der Waals surface area contributed by atoms with Gasteiger partial charge >= 0.3 is 0 Å². The number of hydrogen-bond acceptors (Lipinski definition) is 5. The molecule has 7 heteroatoms. The van der Waals surface area contributed by atoms with Crippen LogP contribution in [-0.4, -0.2) is 57.2 Å². The number of rotatable bonds is 9. The molecule has 2 aliphatic rings. The van der Waals surface area contributed by atoms with Crippen LogP contribution in [0.2, 0.25) is 0 Å². The molecule has 0 N–H and O–H groups in total. The summed E-state index contributed by atoms with van der Waals surface area (Å²) in [4.78, 5) is 30.4. The number of ether oxygens (including phenoxy) is 3. The first kappa shape index (κ1) is 30.5. The predicted molar refractivity (Wildman–Crippen MR) is 170 cm³/mol. The minimum atomic E-state index is -0.0822. The Hall–Kier alpha value is -4.00. The number of hydrogen-bond donors (Lipinski definition) is 0. The molecule has 2 amide bonds. The summed E-state index contributed by atoms with van der Waals surface area (Å²) in [7, 11) is 3.35. The second-order valence-electron chi connectivity index (χ2n) is 11.5. The zero-order valence-corrected chi connectivity index (χ0v) is 25.8. The monoisotopic (exact) mass is 584 g/mol. The van der Waals surface area contributed by atoms with Crippen molar-refractivity contribution in [3.63, 3.8) is 0 Å². The van der Waals surface area contributed by atoms with Crippen LogP contribution in [-0.2, 0) is 17.6 Å². The molecule has 0 aromatic heterocycles. The number of aryl methyl sites for hydroxylation is 1. The van der Waals surface area contributed by atoms with Crippen molar-refractivity contribution >= 4 is 17.5 Å². The van der Waals surface area contributed by atoms with Crippen LogP contribution in [0.15, 0.2) is 60.7 Å². The van der Waals surface area contributed by atoms with Crippen molar-refractivity contribution < 1.29 is 23.8 Å². The Morgan fingerprint density at radius 1 is 0.814 bits per heavy atom. The van der Waals surface area contributed by atoms with Crippen LogP contribution >= 0.6 is 0 Å². The SMILES string of the molecule is CCN(C(=O)c1ccc(OCC(=O)N2CCCCCCC2)cc1)c1cc(OC)ccc1C1CCc2cc(OC)ccc2C1. The molecule has 5 rings (SSSR count). The quantitative estimate of drug-likeness (QED) is 0.276. The van der Waals surface area contributed by atoms with Gasteiger partial charge in [-0.3, -0.25) is 9.59 Å². The lowest BCUT2D eigenvalue weighted by Gasteiger charge is -2.31. The van der Waals surface area contributed by atoms with E-state index in [0.29, 0.717) is 17.9 Å². The second-order valence-corrected chi connectivity index (χ2v) is 11.5. The van der Waals surface area contributed by atoms with Crippen LogP contribution in [0, 0.1) is 0 Å². The first-order chi connectivity index (χ1) is 21.0. The van der Waals surface area contributed by atoms with Crippen LogP contribution < -0.4 is 19.1 Å². The van der Waals surface area contributed by atoms with E-state index in [2.05, 4.69) is 18.2 Å². The highest BCUT2D eigenvalue weighted by atomic mass is 16.5. The maximum absolute atomic E-state index is 13.9. The van der Waals surface area contributed by atoms with Crippen molar-refractivity contribution in [3.8, 4) is 17.2 Å². The van der Waals surface area contributed by atoms with Gasteiger partial charge in [-0.25, -0.2) is 0 Å². The fraction of sp³-hybridized carbons (Fsp3) is 0.444. The topological polar surface area (TPSA) is 68.3 Å². The standard InChI is InChI=1S/C36H44N2O5/c1-4-38(36(40)26-12-15-30(16-13-26)43-25-35(39)37-20-8-6-5-7-9-21-37)34-24-32(42-3)18-19-33(34)29-11-10-28-23-31(41-2)17-14-27(28)22-29/h12-19,23-24,29H,4-11,20-22,25H2,1-3H3. The van der Waals surface area contributed by atoms with Crippen LogP contribution in [0.3, 0.4) is 0 Å². The van der Waals surface area contributed by atoms with Crippen molar-refractivity contribution in [1.29, 1.82) is 0 Å². The maximum Gasteiger partial charge on any atom is 0.260 e. The number of amides is 2. The van der Waals surface area contributed by atoms with E-state index in [0.717, 1.165) is 67.9 Å². The van der Waals surface area contributed by atoms with Gasteiger partial charge in [-0.15, -0.1) is 0 Å². The summed E-state index contributed by atoms with van der Waals surface area (Å²) >= 11 is 0. The Balaban J connectivity index is 1.30. The lowest BCUT2D eigenvalue weighted by Crippen LogP contribution is -2.37. The number of nitrogens with zero attached hydrogens (tertiary/aromatic N) is 2. The lowest BCUT2D eigenvalue weighted by molar-refractivity contribution is -0.133. The third-order valence-electron chi connectivity index (χ3n) is 8.84. The summed E-state index contributed by atoms with van der Waals surface area (Å²) in [5.74, 6) is 2.42. The molecule has 3 aromatic carbocycles. The Labute approximate surface area is 255 Å². The number of fused-ring (bicyclic) bond motifs is 1. The van der Waals surface area contributed by atoms with Gasteiger partial charge < -0.3 is 24.0 Å². The summed E-state index contributed by atoms with van der Waals surface area (Å²) in [6.45, 7) is 4.13. The van der Waals surface area contributed by atoms with E-state index in [1.165, 1.54) is 30.4 Å². The van der Waals surface area contributed by atoms with Gasteiger partial charge in [-0.1, -0.05) is 31.4 Å². The number of carbonyl (C=O) groups excluding carboxylic acids is 2. The summed E-state index contributed by atoms with van der Waals surface area (Å²) in [5.41, 5.74) is 5.26. The summed E-state index contributed by atoms with van der Waals surface area (Å²) < 4.78 is 16.8. The third-order valence-corrected chi connectivity index (χ3v) is 8.84. The van der Waals surface area contributed by atoms with E-state index >= 15 is 0 Å². The van der Waals surface area contributed by atoms with Gasteiger partial charge in [0.25, 0.3) is 11.8 Å². The molecule has 1 fully saturated rings. The fourth-order valence-electron chi connectivity index (χ4n) is 6.36. The normalized spacial score (nSPS) is 16.8. The summed E-state index contributed by atoms with van der Waals surface area (Å²) in [6, 6.07) is 19.5. The molecule has 1 saturated heterocycles. The van der Waals surface area contributed by atoms with Crippen molar-refractivity contribution in [2.75, 3.05) is 45.4 Å². The van der Waals surface area contributed by atoms with Gasteiger partial charge in [0, 0.05) is 31.3 Å². The molecule has 0 radical (unpaired) electrons.